The number of thiazole rings is 1. The Morgan fingerprint density at radius 2 is 1.84 bits per heavy atom. The van der Waals surface area contributed by atoms with Gasteiger partial charge >= 0.3 is 0 Å². The third-order valence-corrected chi connectivity index (χ3v) is 10.0. The Balaban J connectivity index is 1.08. The molecule has 6 rings (SSSR count). The first-order chi connectivity index (χ1) is 18.4. The first kappa shape index (κ1) is 25.0. The molecule has 2 atom stereocenters. The molecule has 3 heterocycles. The number of pyridine rings is 1. The van der Waals surface area contributed by atoms with Crippen molar-refractivity contribution < 1.29 is 13.2 Å². The first-order valence-corrected chi connectivity index (χ1v) is 15.1. The monoisotopic (exact) mass is 547 g/mol. The lowest BCUT2D eigenvalue weighted by molar-refractivity contribution is -0.117. The zero-order chi connectivity index (χ0) is 26.3. The minimum absolute atomic E-state index is 0.0206. The molecular formula is C28H29N5O3S2. The number of nitrogens with one attached hydrogen (secondary N) is 3. The Labute approximate surface area is 226 Å². The highest BCUT2D eigenvalue weighted by Gasteiger charge is 2.44. The van der Waals surface area contributed by atoms with Crippen molar-refractivity contribution in [1.29, 1.82) is 0 Å². The van der Waals surface area contributed by atoms with Crippen molar-refractivity contribution in [3.63, 3.8) is 0 Å². The number of fused-ring (bicyclic) bond motifs is 1. The van der Waals surface area contributed by atoms with E-state index < -0.39 is 10.0 Å². The fraction of sp³-hybridized carbons (Fsp3) is 0.321. The summed E-state index contributed by atoms with van der Waals surface area (Å²) in [6.45, 7) is 3.95. The minimum Gasteiger partial charge on any atom is -0.326 e. The van der Waals surface area contributed by atoms with Crippen LogP contribution in [0.2, 0.25) is 0 Å². The number of carbonyl (C=O) groups is 1. The van der Waals surface area contributed by atoms with Gasteiger partial charge in [0.25, 0.3) is 10.0 Å². The first-order valence-electron chi connectivity index (χ1n) is 12.8. The van der Waals surface area contributed by atoms with E-state index in [-0.39, 0.29) is 22.6 Å². The van der Waals surface area contributed by atoms with Gasteiger partial charge in [-0.25, -0.2) is 13.4 Å². The largest absolute Gasteiger partial charge is 0.326 e. The molecule has 2 aliphatic rings. The van der Waals surface area contributed by atoms with Gasteiger partial charge in [0, 0.05) is 40.5 Å². The van der Waals surface area contributed by atoms with Crippen molar-refractivity contribution in [2.75, 3.05) is 23.1 Å². The summed E-state index contributed by atoms with van der Waals surface area (Å²) in [6.07, 6.45) is 8.23. The van der Waals surface area contributed by atoms with E-state index >= 15 is 0 Å². The van der Waals surface area contributed by atoms with E-state index in [0.29, 0.717) is 11.0 Å². The second-order valence-corrected chi connectivity index (χ2v) is 12.8. The Morgan fingerprint density at radius 1 is 1.05 bits per heavy atom. The molecule has 1 aliphatic heterocycles. The van der Waals surface area contributed by atoms with Gasteiger partial charge < -0.3 is 10.6 Å². The van der Waals surface area contributed by atoms with E-state index in [4.69, 9.17) is 0 Å². The SMILES string of the molecule is Cc1cncc2ccc(NC(=O)[C@@H]3C[C@H]3c3ccc(S(=O)(=O)Nc4ncc(C5CCNCC5)s4)cc3)cc12. The summed E-state index contributed by atoms with van der Waals surface area (Å²) < 4.78 is 28.5. The summed E-state index contributed by atoms with van der Waals surface area (Å²) in [4.78, 5) is 22.7. The molecule has 1 amide bonds. The van der Waals surface area contributed by atoms with Crippen LogP contribution in [0.5, 0.6) is 0 Å². The standard InChI is InChI=1S/C28H29N5O3S2/c1-17-14-30-15-20-2-5-21(12-23(17)20)32-27(34)25-13-24(25)18-3-6-22(7-4-18)38(35,36)33-28-31-16-26(37-28)19-8-10-29-11-9-19/h2-7,12,14-16,19,24-25,29H,8-11,13H2,1H3,(H,31,33)(H,32,34)/t24-,25+/m0/s1. The maximum absolute atomic E-state index is 13.0. The van der Waals surface area contributed by atoms with Crippen molar-refractivity contribution in [2.45, 2.75) is 42.9 Å². The Bertz CT molecular complexity index is 1590. The van der Waals surface area contributed by atoms with Crippen LogP contribution in [0.1, 0.15) is 47.1 Å². The third-order valence-electron chi connectivity index (χ3n) is 7.46. The molecule has 8 nitrogen and oxygen atoms in total. The highest BCUT2D eigenvalue weighted by Crippen LogP contribution is 2.48. The molecule has 2 fully saturated rings. The van der Waals surface area contributed by atoms with Crippen LogP contribution in [0.3, 0.4) is 0 Å². The molecule has 3 N–H and O–H groups in total. The molecule has 0 radical (unpaired) electrons. The van der Waals surface area contributed by atoms with E-state index in [1.807, 2.05) is 37.5 Å². The Kier molecular flexibility index (Phi) is 6.63. The molecule has 2 aromatic carbocycles. The molecule has 10 heteroatoms. The molecule has 0 spiro atoms. The number of sulfonamides is 1. The lowest BCUT2D eigenvalue weighted by atomic mass is 9.97. The van der Waals surface area contributed by atoms with Gasteiger partial charge in [-0.15, -0.1) is 11.3 Å². The average Bonchev–Trinajstić information content (AvgIpc) is 3.61. The van der Waals surface area contributed by atoms with E-state index in [1.54, 1.807) is 30.5 Å². The average molecular weight is 548 g/mol. The molecule has 2 aromatic heterocycles. The second kappa shape index (κ2) is 10.1. The highest BCUT2D eigenvalue weighted by molar-refractivity contribution is 7.93. The summed E-state index contributed by atoms with van der Waals surface area (Å²) in [7, 11) is -3.74. The molecule has 38 heavy (non-hydrogen) atoms. The van der Waals surface area contributed by atoms with Gasteiger partial charge in [-0.2, -0.15) is 0 Å². The van der Waals surface area contributed by atoms with E-state index in [1.165, 1.54) is 11.3 Å². The number of nitrogens with zero attached hydrogens (tertiary/aromatic N) is 2. The van der Waals surface area contributed by atoms with Crippen molar-refractivity contribution in [2.24, 2.45) is 5.92 Å². The van der Waals surface area contributed by atoms with Gasteiger partial charge in [-0.3, -0.25) is 14.5 Å². The summed E-state index contributed by atoms with van der Waals surface area (Å²) in [5, 5.41) is 8.87. The zero-order valence-electron chi connectivity index (χ0n) is 21.0. The van der Waals surface area contributed by atoms with Crippen LogP contribution in [0.15, 0.2) is 66.0 Å². The van der Waals surface area contributed by atoms with Crippen LogP contribution in [0, 0.1) is 12.8 Å². The molecular weight excluding hydrogens is 518 g/mol. The van der Waals surface area contributed by atoms with Crippen LogP contribution < -0.4 is 15.4 Å². The number of aromatic nitrogens is 2. The number of rotatable bonds is 7. The van der Waals surface area contributed by atoms with Gasteiger partial charge in [0.1, 0.15) is 0 Å². The molecule has 1 saturated carbocycles. The number of benzene rings is 2. The van der Waals surface area contributed by atoms with Crippen LogP contribution >= 0.6 is 11.3 Å². The van der Waals surface area contributed by atoms with Gasteiger partial charge in [-0.05, 0) is 91.9 Å². The maximum atomic E-state index is 13.0. The fourth-order valence-electron chi connectivity index (χ4n) is 5.17. The number of anilines is 2. The Hall–Kier alpha value is -3.34. The van der Waals surface area contributed by atoms with Gasteiger partial charge in [0.15, 0.2) is 5.13 Å². The molecule has 196 valence electrons. The molecule has 1 aliphatic carbocycles. The third kappa shape index (κ3) is 5.16. The lowest BCUT2D eigenvalue weighted by Gasteiger charge is -2.20. The predicted octanol–water partition coefficient (Wildman–Crippen LogP) is 5.01. The van der Waals surface area contributed by atoms with Crippen LogP contribution in [0.25, 0.3) is 10.8 Å². The molecule has 0 unspecified atom stereocenters. The fourth-order valence-corrected chi connectivity index (χ4v) is 7.40. The molecule has 0 bridgehead atoms. The molecule has 1 saturated heterocycles. The Morgan fingerprint density at radius 3 is 2.63 bits per heavy atom. The minimum atomic E-state index is -3.74. The van der Waals surface area contributed by atoms with E-state index in [9.17, 15) is 13.2 Å². The number of amides is 1. The molecule has 4 aromatic rings. The maximum Gasteiger partial charge on any atom is 0.263 e. The summed E-state index contributed by atoms with van der Waals surface area (Å²) >= 11 is 1.41. The van der Waals surface area contributed by atoms with Crippen molar-refractivity contribution in [1.82, 2.24) is 15.3 Å². The number of hydrogen-bond donors (Lipinski definition) is 3. The zero-order valence-corrected chi connectivity index (χ0v) is 22.6. The van der Waals surface area contributed by atoms with Gasteiger partial charge in [0.05, 0.1) is 4.90 Å². The van der Waals surface area contributed by atoms with Gasteiger partial charge in [0.2, 0.25) is 5.91 Å². The van der Waals surface area contributed by atoms with Crippen molar-refractivity contribution in [3.05, 3.63) is 77.1 Å². The predicted molar refractivity (Wildman–Crippen MR) is 150 cm³/mol. The summed E-state index contributed by atoms with van der Waals surface area (Å²) in [5.74, 6) is 0.358. The number of piperidine rings is 1. The number of aryl methyl sites for hydroxylation is 1. The lowest BCUT2D eigenvalue weighted by Crippen LogP contribution is -2.26. The van der Waals surface area contributed by atoms with Crippen LogP contribution in [0.4, 0.5) is 10.8 Å². The number of carbonyl (C=O) groups excluding carboxylic acids is 1. The van der Waals surface area contributed by atoms with Crippen LogP contribution in [-0.4, -0.2) is 37.4 Å². The second-order valence-electron chi connectivity index (χ2n) is 10.1. The number of hydrogen-bond acceptors (Lipinski definition) is 7. The summed E-state index contributed by atoms with van der Waals surface area (Å²) in [6, 6.07) is 12.7. The smallest absolute Gasteiger partial charge is 0.263 e. The van der Waals surface area contributed by atoms with Crippen LogP contribution in [-0.2, 0) is 14.8 Å². The normalized spacial score (nSPS) is 19.8. The van der Waals surface area contributed by atoms with Gasteiger partial charge in [-0.1, -0.05) is 18.2 Å². The van der Waals surface area contributed by atoms with E-state index in [0.717, 1.165) is 64.8 Å². The van der Waals surface area contributed by atoms with E-state index in [2.05, 4.69) is 25.3 Å². The summed E-state index contributed by atoms with van der Waals surface area (Å²) in [5.41, 5.74) is 2.79. The van der Waals surface area contributed by atoms with Crippen molar-refractivity contribution >= 4 is 48.9 Å². The van der Waals surface area contributed by atoms with Crippen molar-refractivity contribution in [3.8, 4) is 0 Å². The topological polar surface area (TPSA) is 113 Å². The quantitative estimate of drug-likeness (QED) is 0.300. The highest BCUT2D eigenvalue weighted by atomic mass is 32.2.